The summed E-state index contributed by atoms with van der Waals surface area (Å²) < 4.78 is 0. The van der Waals surface area contributed by atoms with Crippen LogP contribution in [0.5, 0.6) is 0 Å². The molecule has 1 aliphatic carbocycles. The Bertz CT molecular complexity index is 420. The average Bonchev–Trinajstić information content (AvgIpc) is 2.98. The van der Waals surface area contributed by atoms with E-state index in [0.29, 0.717) is 12.0 Å². The van der Waals surface area contributed by atoms with Crippen molar-refractivity contribution < 1.29 is 4.79 Å². The van der Waals surface area contributed by atoms with Crippen LogP contribution in [-0.4, -0.2) is 29.3 Å². The fourth-order valence-electron chi connectivity index (χ4n) is 3.28. The van der Waals surface area contributed by atoms with E-state index in [4.69, 9.17) is 0 Å². The summed E-state index contributed by atoms with van der Waals surface area (Å²) in [6, 6.07) is 10.3. The maximum atomic E-state index is 12.7. The number of ketones is 1. The van der Waals surface area contributed by atoms with Crippen LogP contribution in [0.25, 0.3) is 0 Å². The summed E-state index contributed by atoms with van der Waals surface area (Å²) in [5, 5.41) is 0. The molecule has 0 aromatic heterocycles. The molecule has 1 unspecified atom stereocenters. The Morgan fingerprint density at radius 3 is 2.30 bits per heavy atom. The van der Waals surface area contributed by atoms with Crippen LogP contribution >= 0.6 is 0 Å². The van der Waals surface area contributed by atoms with E-state index >= 15 is 0 Å². The minimum absolute atomic E-state index is 0.0112. The zero-order valence-electron chi connectivity index (χ0n) is 13.0. The van der Waals surface area contributed by atoms with Crippen LogP contribution in [0.1, 0.15) is 56.8 Å². The van der Waals surface area contributed by atoms with Gasteiger partial charge in [0.25, 0.3) is 0 Å². The lowest BCUT2D eigenvalue weighted by atomic mass is 10.0. The minimum Gasteiger partial charge on any atom is -0.292 e. The van der Waals surface area contributed by atoms with Gasteiger partial charge in [0.2, 0.25) is 0 Å². The monoisotopic (exact) mass is 273 g/mol. The molecule has 110 valence electrons. The van der Waals surface area contributed by atoms with Gasteiger partial charge in [-0.3, -0.25) is 9.69 Å². The molecule has 20 heavy (non-hydrogen) atoms. The first-order chi connectivity index (χ1) is 9.59. The van der Waals surface area contributed by atoms with Crippen LogP contribution in [0.3, 0.4) is 0 Å². The first kappa shape index (κ1) is 15.2. The molecule has 1 saturated carbocycles. The predicted octanol–water partition coefficient (Wildman–Crippen LogP) is 4.16. The van der Waals surface area contributed by atoms with Crippen molar-refractivity contribution in [2.24, 2.45) is 5.92 Å². The summed E-state index contributed by atoms with van der Waals surface area (Å²) in [7, 11) is 0. The number of hydrogen-bond acceptors (Lipinski definition) is 2. The maximum absolute atomic E-state index is 12.7. The van der Waals surface area contributed by atoms with Crippen LogP contribution in [0.15, 0.2) is 30.3 Å². The van der Waals surface area contributed by atoms with Crippen molar-refractivity contribution in [3.05, 3.63) is 35.9 Å². The molecule has 2 nitrogen and oxygen atoms in total. The summed E-state index contributed by atoms with van der Waals surface area (Å²) in [6.45, 7) is 7.57. The van der Waals surface area contributed by atoms with Crippen molar-refractivity contribution in [1.82, 2.24) is 4.90 Å². The van der Waals surface area contributed by atoms with Gasteiger partial charge in [0, 0.05) is 18.2 Å². The molecule has 2 rings (SSSR count). The van der Waals surface area contributed by atoms with E-state index in [1.165, 1.54) is 25.7 Å². The molecule has 0 spiro atoms. The van der Waals surface area contributed by atoms with E-state index < -0.39 is 0 Å². The summed E-state index contributed by atoms with van der Waals surface area (Å²) >= 11 is 0. The van der Waals surface area contributed by atoms with Gasteiger partial charge in [0.1, 0.15) is 0 Å². The normalized spacial score (nSPS) is 17.9. The van der Waals surface area contributed by atoms with Gasteiger partial charge in [-0.1, -0.05) is 57.0 Å². The summed E-state index contributed by atoms with van der Waals surface area (Å²) in [5.41, 5.74) is 0.840. The van der Waals surface area contributed by atoms with Crippen molar-refractivity contribution in [2.45, 2.75) is 58.5 Å². The van der Waals surface area contributed by atoms with E-state index in [1.54, 1.807) is 0 Å². The summed E-state index contributed by atoms with van der Waals surface area (Å²) in [4.78, 5) is 15.1. The van der Waals surface area contributed by atoms with Gasteiger partial charge in [-0.05, 0) is 25.7 Å². The standard InChI is InChI=1S/C18H27NO/c1-14(2)13-19(17-11-7-8-12-17)15(3)18(20)16-9-5-4-6-10-16/h4-6,9-10,14-15,17H,7-8,11-13H2,1-3H3. The molecule has 0 heterocycles. The molecular weight excluding hydrogens is 246 g/mol. The quantitative estimate of drug-likeness (QED) is 0.725. The molecule has 1 fully saturated rings. The lowest BCUT2D eigenvalue weighted by Crippen LogP contribution is -2.46. The first-order valence-corrected chi connectivity index (χ1v) is 7.94. The van der Waals surface area contributed by atoms with Gasteiger partial charge in [0.15, 0.2) is 5.78 Å². The van der Waals surface area contributed by atoms with Gasteiger partial charge in [-0.2, -0.15) is 0 Å². The van der Waals surface area contributed by atoms with E-state index in [9.17, 15) is 4.79 Å². The van der Waals surface area contributed by atoms with Crippen LogP contribution < -0.4 is 0 Å². The molecule has 1 aromatic carbocycles. The lowest BCUT2D eigenvalue weighted by molar-refractivity contribution is 0.0731. The Morgan fingerprint density at radius 1 is 1.15 bits per heavy atom. The van der Waals surface area contributed by atoms with E-state index in [1.807, 2.05) is 30.3 Å². The van der Waals surface area contributed by atoms with Gasteiger partial charge in [-0.15, -0.1) is 0 Å². The zero-order chi connectivity index (χ0) is 14.5. The Labute approximate surface area is 123 Å². The molecule has 0 aliphatic heterocycles. The molecule has 0 N–H and O–H groups in total. The third-order valence-corrected chi connectivity index (χ3v) is 4.30. The highest BCUT2D eigenvalue weighted by Gasteiger charge is 2.30. The van der Waals surface area contributed by atoms with Gasteiger partial charge in [0.05, 0.1) is 6.04 Å². The first-order valence-electron chi connectivity index (χ1n) is 7.94. The van der Waals surface area contributed by atoms with Crippen LogP contribution in [0, 0.1) is 5.92 Å². The fraction of sp³-hybridized carbons (Fsp3) is 0.611. The number of Topliss-reactive ketones (excluding diaryl/α,β-unsaturated/α-hetero) is 1. The van der Waals surface area contributed by atoms with Crippen LogP contribution in [-0.2, 0) is 0 Å². The molecule has 1 atom stereocenters. The summed E-state index contributed by atoms with van der Waals surface area (Å²) in [6.07, 6.45) is 5.12. The topological polar surface area (TPSA) is 20.3 Å². The Hall–Kier alpha value is -1.15. The second-order valence-electron chi connectivity index (χ2n) is 6.44. The molecule has 0 radical (unpaired) electrons. The number of rotatable bonds is 6. The van der Waals surface area contributed by atoms with Crippen molar-refractivity contribution in [3.63, 3.8) is 0 Å². The second-order valence-corrected chi connectivity index (χ2v) is 6.44. The van der Waals surface area contributed by atoms with Crippen LogP contribution in [0.2, 0.25) is 0 Å². The van der Waals surface area contributed by atoms with Crippen LogP contribution in [0.4, 0.5) is 0 Å². The third-order valence-electron chi connectivity index (χ3n) is 4.30. The average molecular weight is 273 g/mol. The molecule has 1 aromatic rings. The zero-order valence-corrected chi connectivity index (χ0v) is 13.0. The molecule has 1 aliphatic rings. The Morgan fingerprint density at radius 2 is 1.75 bits per heavy atom. The highest BCUT2D eigenvalue weighted by atomic mass is 16.1. The highest BCUT2D eigenvalue weighted by molar-refractivity contribution is 5.99. The predicted molar refractivity (Wildman–Crippen MR) is 84.0 cm³/mol. The van der Waals surface area contributed by atoms with E-state index in [0.717, 1.165) is 12.1 Å². The molecule has 0 bridgehead atoms. The number of carbonyl (C=O) groups excluding carboxylic acids is 1. The second kappa shape index (κ2) is 7.03. The highest BCUT2D eigenvalue weighted by Crippen LogP contribution is 2.27. The summed E-state index contributed by atoms with van der Waals surface area (Å²) in [5.74, 6) is 0.861. The van der Waals surface area contributed by atoms with Gasteiger partial charge < -0.3 is 0 Å². The van der Waals surface area contributed by atoms with Crippen molar-refractivity contribution >= 4 is 5.78 Å². The lowest BCUT2D eigenvalue weighted by Gasteiger charge is -2.35. The number of benzene rings is 1. The molecule has 0 saturated heterocycles. The van der Waals surface area contributed by atoms with Crippen molar-refractivity contribution in [3.8, 4) is 0 Å². The number of hydrogen-bond donors (Lipinski definition) is 0. The largest absolute Gasteiger partial charge is 0.292 e. The Kier molecular flexibility index (Phi) is 5.36. The van der Waals surface area contributed by atoms with Gasteiger partial charge in [-0.25, -0.2) is 0 Å². The smallest absolute Gasteiger partial charge is 0.179 e. The third kappa shape index (κ3) is 3.69. The van der Waals surface area contributed by atoms with E-state index in [2.05, 4.69) is 25.7 Å². The molecule has 2 heteroatoms. The maximum Gasteiger partial charge on any atom is 0.179 e. The Balaban J connectivity index is 2.12. The fourth-order valence-corrected chi connectivity index (χ4v) is 3.28. The van der Waals surface area contributed by atoms with E-state index in [-0.39, 0.29) is 11.8 Å². The molecular formula is C18H27NO. The SMILES string of the molecule is CC(C)CN(C1CCCC1)C(C)C(=O)c1ccccc1. The minimum atomic E-state index is -0.0112. The van der Waals surface area contributed by atoms with Crippen molar-refractivity contribution in [1.29, 1.82) is 0 Å². The van der Waals surface area contributed by atoms with Gasteiger partial charge >= 0.3 is 0 Å². The number of nitrogens with zero attached hydrogens (tertiary/aromatic N) is 1. The molecule has 0 amide bonds. The van der Waals surface area contributed by atoms with Crippen molar-refractivity contribution in [2.75, 3.05) is 6.54 Å². The number of carbonyl (C=O) groups is 1.